The van der Waals surface area contributed by atoms with E-state index in [1.54, 1.807) is 18.2 Å². The number of rotatable bonds is 3. The minimum absolute atomic E-state index is 0.0487. The van der Waals surface area contributed by atoms with E-state index in [1.165, 1.54) is 21.3 Å². The predicted molar refractivity (Wildman–Crippen MR) is 98.4 cm³/mol. The van der Waals surface area contributed by atoms with Crippen LogP contribution in [0.4, 0.5) is 13.2 Å². The summed E-state index contributed by atoms with van der Waals surface area (Å²) in [5, 5.41) is 6.80. The zero-order chi connectivity index (χ0) is 21.5. The molecule has 4 rings (SSSR count). The van der Waals surface area contributed by atoms with E-state index in [2.05, 4.69) is 10.2 Å². The molecule has 2 aliphatic rings. The lowest BCUT2D eigenvalue weighted by Gasteiger charge is -2.35. The van der Waals surface area contributed by atoms with Crippen molar-refractivity contribution in [3.05, 3.63) is 42.0 Å². The summed E-state index contributed by atoms with van der Waals surface area (Å²) < 4.78 is 67.0. The van der Waals surface area contributed by atoms with Gasteiger partial charge in [0.25, 0.3) is 0 Å². The fraction of sp³-hybridized carbons (Fsp3) is 0.500. The molecule has 0 aliphatic carbocycles. The fourth-order valence-corrected chi connectivity index (χ4v) is 5.46. The third-order valence-corrected chi connectivity index (χ3v) is 7.31. The van der Waals surface area contributed by atoms with Gasteiger partial charge in [0.05, 0.1) is 17.4 Å². The molecule has 1 unspecified atom stereocenters. The van der Waals surface area contributed by atoms with Gasteiger partial charge in [-0.25, -0.2) is 8.42 Å². The maximum Gasteiger partial charge on any atom is 0.451 e. The zero-order valence-corrected chi connectivity index (χ0v) is 16.7. The van der Waals surface area contributed by atoms with Gasteiger partial charge >= 0.3 is 6.18 Å². The second kappa shape index (κ2) is 7.65. The van der Waals surface area contributed by atoms with Crippen molar-refractivity contribution in [2.24, 2.45) is 5.92 Å². The molecule has 0 saturated carbocycles. The number of halogens is 3. The third-order valence-electron chi connectivity index (χ3n) is 5.43. The van der Waals surface area contributed by atoms with Crippen LogP contribution in [-0.4, -0.2) is 57.9 Å². The monoisotopic (exact) mass is 443 g/mol. The van der Waals surface area contributed by atoms with Crippen molar-refractivity contribution in [3.63, 3.8) is 0 Å². The number of sulfonamides is 1. The Morgan fingerprint density at radius 2 is 1.80 bits per heavy atom. The van der Waals surface area contributed by atoms with Crippen molar-refractivity contribution >= 4 is 15.9 Å². The Morgan fingerprint density at radius 3 is 2.50 bits per heavy atom. The summed E-state index contributed by atoms with van der Waals surface area (Å²) in [4.78, 5) is 14.6. The number of nitrogens with zero attached hydrogens (tertiary/aromatic N) is 5. The highest BCUT2D eigenvalue weighted by Gasteiger charge is 2.41. The lowest BCUT2D eigenvalue weighted by Crippen LogP contribution is -2.48. The molecule has 8 nitrogen and oxygen atoms in total. The van der Waals surface area contributed by atoms with Gasteiger partial charge in [-0.1, -0.05) is 18.2 Å². The molecule has 30 heavy (non-hydrogen) atoms. The summed E-state index contributed by atoms with van der Waals surface area (Å²) in [6.07, 6.45) is -3.55. The van der Waals surface area contributed by atoms with Gasteiger partial charge in [-0.05, 0) is 25.0 Å². The first-order valence-corrected chi connectivity index (χ1v) is 10.9. The summed E-state index contributed by atoms with van der Waals surface area (Å²) in [7, 11) is -3.71. The maximum absolute atomic E-state index is 13.0. The summed E-state index contributed by atoms with van der Waals surface area (Å²) in [6.45, 7) is 0.331. The normalized spacial score (nSPS) is 20.8. The summed E-state index contributed by atoms with van der Waals surface area (Å²) in [6, 6.07) is 8.02. The Labute approximate surface area is 171 Å². The molecule has 1 amide bonds. The Balaban J connectivity index is 1.47. The van der Waals surface area contributed by atoms with Gasteiger partial charge in [0.2, 0.25) is 21.8 Å². The van der Waals surface area contributed by atoms with E-state index in [4.69, 9.17) is 0 Å². The van der Waals surface area contributed by atoms with Crippen LogP contribution in [0.5, 0.6) is 0 Å². The van der Waals surface area contributed by atoms with Crippen LogP contribution in [0.15, 0.2) is 35.2 Å². The standard InChI is InChI=1S/C18H20F3N5O3S/c19-18(20,21)17-23-22-15-12-24(9-10-26(15)17)16(27)13-5-4-8-25(11-13)30(28,29)14-6-2-1-3-7-14/h1-3,6-7,13H,4-5,8-12H2. The molecule has 0 bridgehead atoms. The van der Waals surface area contributed by atoms with Crippen molar-refractivity contribution in [2.75, 3.05) is 19.6 Å². The van der Waals surface area contributed by atoms with Crippen molar-refractivity contribution in [3.8, 4) is 0 Å². The second-order valence-electron chi connectivity index (χ2n) is 7.36. The number of hydrogen-bond donors (Lipinski definition) is 0. The summed E-state index contributed by atoms with van der Waals surface area (Å²) >= 11 is 0. The van der Waals surface area contributed by atoms with E-state index in [1.807, 2.05) is 0 Å². The summed E-state index contributed by atoms with van der Waals surface area (Å²) in [5.74, 6) is -1.81. The molecule has 1 fully saturated rings. The van der Waals surface area contributed by atoms with Gasteiger partial charge in [0.15, 0.2) is 5.82 Å². The zero-order valence-electron chi connectivity index (χ0n) is 15.9. The topological polar surface area (TPSA) is 88.4 Å². The largest absolute Gasteiger partial charge is 0.451 e. The lowest BCUT2D eigenvalue weighted by molar-refractivity contribution is -0.148. The van der Waals surface area contributed by atoms with Crippen molar-refractivity contribution in [1.82, 2.24) is 24.0 Å². The Bertz CT molecular complexity index is 1040. The van der Waals surface area contributed by atoms with Crippen LogP contribution in [0.2, 0.25) is 0 Å². The van der Waals surface area contributed by atoms with Crippen molar-refractivity contribution in [2.45, 2.75) is 37.0 Å². The molecular formula is C18H20F3N5O3S. The van der Waals surface area contributed by atoms with Crippen LogP contribution < -0.4 is 0 Å². The Kier molecular flexibility index (Phi) is 5.30. The number of hydrogen-bond acceptors (Lipinski definition) is 5. The molecule has 12 heteroatoms. The summed E-state index contributed by atoms with van der Waals surface area (Å²) in [5.41, 5.74) is 0. The molecule has 2 aliphatic heterocycles. The first-order valence-electron chi connectivity index (χ1n) is 9.51. The van der Waals surface area contributed by atoms with Crippen LogP contribution in [0.25, 0.3) is 0 Å². The highest BCUT2D eigenvalue weighted by molar-refractivity contribution is 7.89. The number of piperidine rings is 1. The number of carbonyl (C=O) groups is 1. The quantitative estimate of drug-likeness (QED) is 0.721. The van der Waals surface area contributed by atoms with E-state index in [0.717, 1.165) is 4.57 Å². The predicted octanol–water partition coefficient (Wildman–Crippen LogP) is 1.74. The van der Waals surface area contributed by atoms with Gasteiger partial charge in [-0.15, -0.1) is 10.2 Å². The second-order valence-corrected chi connectivity index (χ2v) is 9.30. The van der Waals surface area contributed by atoms with Gasteiger partial charge in [-0.3, -0.25) is 4.79 Å². The van der Waals surface area contributed by atoms with E-state index in [0.29, 0.717) is 19.4 Å². The molecule has 162 valence electrons. The van der Waals surface area contributed by atoms with Crippen LogP contribution >= 0.6 is 0 Å². The van der Waals surface area contributed by atoms with Crippen LogP contribution in [0, 0.1) is 5.92 Å². The average molecular weight is 443 g/mol. The molecule has 2 aromatic rings. The molecule has 1 atom stereocenters. The highest BCUT2D eigenvalue weighted by Crippen LogP contribution is 2.30. The molecule has 0 N–H and O–H groups in total. The fourth-order valence-electron chi connectivity index (χ4n) is 3.92. The third kappa shape index (κ3) is 3.81. The molecule has 0 radical (unpaired) electrons. The molecule has 1 aromatic heterocycles. The Hall–Kier alpha value is -2.47. The minimum Gasteiger partial charge on any atom is -0.333 e. The number of fused-ring (bicyclic) bond motifs is 1. The van der Waals surface area contributed by atoms with Crippen molar-refractivity contribution < 1.29 is 26.4 Å². The lowest BCUT2D eigenvalue weighted by atomic mass is 9.98. The number of carbonyl (C=O) groups excluding carboxylic acids is 1. The maximum atomic E-state index is 13.0. The van der Waals surface area contributed by atoms with E-state index in [-0.39, 0.29) is 42.8 Å². The minimum atomic E-state index is -4.60. The number of benzene rings is 1. The smallest absolute Gasteiger partial charge is 0.333 e. The van der Waals surface area contributed by atoms with Crippen LogP contribution in [-0.2, 0) is 34.1 Å². The van der Waals surface area contributed by atoms with Gasteiger partial charge in [-0.2, -0.15) is 17.5 Å². The number of amides is 1. The SMILES string of the molecule is O=C(C1CCCN(S(=O)(=O)c2ccccc2)C1)N1CCn2c(nnc2C(F)(F)F)C1. The van der Waals surface area contributed by atoms with Gasteiger partial charge in [0.1, 0.15) is 0 Å². The first kappa shape index (κ1) is 20.8. The average Bonchev–Trinajstić information content (AvgIpc) is 3.18. The van der Waals surface area contributed by atoms with E-state index in [9.17, 15) is 26.4 Å². The molecule has 1 saturated heterocycles. The highest BCUT2D eigenvalue weighted by atomic mass is 32.2. The molecule has 3 heterocycles. The number of aromatic nitrogens is 3. The van der Waals surface area contributed by atoms with Gasteiger partial charge < -0.3 is 9.47 Å². The van der Waals surface area contributed by atoms with Gasteiger partial charge in [0, 0.05) is 26.2 Å². The molecule has 0 spiro atoms. The Morgan fingerprint density at radius 1 is 1.07 bits per heavy atom. The van der Waals surface area contributed by atoms with Crippen LogP contribution in [0.1, 0.15) is 24.5 Å². The number of alkyl halides is 3. The molecular weight excluding hydrogens is 423 g/mol. The van der Waals surface area contributed by atoms with E-state index >= 15 is 0 Å². The molecule has 1 aromatic carbocycles. The van der Waals surface area contributed by atoms with Crippen LogP contribution in [0.3, 0.4) is 0 Å². The van der Waals surface area contributed by atoms with E-state index < -0.39 is 27.9 Å². The first-order chi connectivity index (χ1) is 14.2. The van der Waals surface area contributed by atoms with Crippen molar-refractivity contribution in [1.29, 1.82) is 0 Å².